The van der Waals surface area contributed by atoms with Crippen molar-refractivity contribution in [1.82, 2.24) is 15.1 Å². The van der Waals surface area contributed by atoms with Crippen LogP contribution in [-0.4, -0.2) is 66.1 Å². The molecule has 3 heterocycles. The summed E-state index contributed by atoms with van der Waals surface area (Å²) in [5, 5.41) is 8.45. The van der Waals surface area contributed by atoms with Gasteiger partial charge >= 0.3 is 0 Å². The lowest BCUT2D eigenvalue weighted by atomic mass is 9.96. The summed E-state index contributed by atoms with van der Waals surface area (Å²) >= 11 is 0. The lowest BCUT2D eigenvalue weighted by molar-refractivity contribution is -0.136. The van der Waals surface area contributed by atoms with Crippen molar-refractivity contribution in [2.45, 2.75) is 26.7 Å². The van der Waals surface area contributed by atoms with E-state index in [0.29, 0.717) is 6.54 Å². The number of Topliss-reactive ketones (excluding diaryl/α,β-unsaturated/α-hetero) is 1. The fourth-order valence-electron chi connectivity index (χ4n) is 4.30. The second-order valence-electron chi connectivity index (χ2n) is 8.23. The average molecular weight is 408 g/mol. The molecule has 0 spiro atoms. The Kier molecular flexibility index (Phi) is 5.97. The first kappa shape index (κ1) is 20.3. The zero-order chi connectivity index (χ0) is 21.1. The van der Waals surface area contributed by atoms with Gasteiger partial charge in [-0.2, -0.15) is 5.10 Å². The maximum atomic E-state index is 13.2. The molecule has 0 bridgehead atoms. The van der Waals surface area contributed by atoms with Gasteiger partial charge in [-0.3, -0.25) is 9.59 Å². The number of ketones is 1. The standard InChI is InChI=1S/C23H29N5O2/c1-17-5-10-22(25-24-17)28-11-3-4-20(16-28)23(30)27-14-12-26(13-15-27)21-8-6-19(7-9-21)18(2)29/h5-10,20H,3-4,11-16H2,1-2H3. The minimum Gasteiger partial charge on any atom is -0.368 e. The highest BCUT2D eigenvalue weighted by molar-refractivity contribution is 5.94. The molecule has 7 heteroatoms. The third kappa shape index (κ3) is 4.45. The normalized spacial score (nSPS) is 19.7. The van der Waals surface area contributed by atoms with Crippen molar-refractivity contribution in [3.8, 4) is 0 Å². The summed E-state index contributed by atoms with van der Waals surface area (Å²) in [5.74, 6) is 1.21. The van der Waals surface area contributed by atoms with Gasteiger partial charge in [0.1, 0.15) is 0 Å². The summed E-state index contributed by atoms with van der Waals surface area (Å²) in [5.41, 5.74) is 2.73. The van der Waals surface area contributed by atoms with Crippen LogP contribution in [-0.2, 0) is 4.79 Å². The van der Waals surface area contributed by atoms with Crippen LogP contribution in [0.3, 0.4) is 0 Å². The number of benzene rings is 1. The zero-order valence-corrected chi connectivity index (χ0v) is 17.8. The monoisotopic (exact) mass is 407 g/mol. The summed E-state index contributed by atoms with van der Waals surface area (Å²) < 4.78 is 0. The van der Waals surface area contributed by atoms with Gasteiger partial charge in [-0.05, 0) is 63.1 Å². The van der Waals surface area contributed by atoms with Crippen LogP contribution >= 0.6 is 0 Å². The number of aryl methyl sites for hydroxylation is 1. The van der Waals surface area contributed by atoms with Crippen molar-refractivity contribution in [2.75, 3.05) is 49.1 Å². The van der Waals surface area contributed by atoms with Gasteiger partial charge in [0.2, 0.25) is 5.91 Å². The smallest absolute Gasteiger partial charge is 0.227 e. The van der Waals surface area contributed by atoms with Gasteiger partial charge in [0, 0.05) is 50.5 Å². The highest BCUT2D eigenvalue weighted by Gasteiger charge is 2.31. The minimum atomic E-state index is 0.0169. The minimum absolute atomic E-state index is 0.0169. The second kappa shape index (κ2) is 8.81. The lowest BCUT2D eigenvalue weighted by Gasteiger charge is -2.40. The van der Waals surface area contributed by atoms with Crippen molar-refractivity contribution < 1.29 is 9.59 Å². The first-order valence-corrected chi connectivity index (χ1v) is 10.7. The lowest BCUT2D eigenvalue weighted by Crippen LogP contribution is -2.52. The van der Waals surface area contributed by atoms with E-state index < -0.39 is 0 Å². The fraction of sp³-hybridized carbons (Fsp3) is 0.478. The van der Waals surface area contributed by atoms with Crippen LogP contribution in [0, 0.1) is 12.8 Å². The number of rotatable bonds is 4. The van der Waals surface area contributed by atoms with Crippen molar-refractivity contribution in [1.29, 1.82) is 0 Å². The molecule has 30 heavy (non-hydrogen) atoms. The number of piperazine rings is 1. The summed E-state index contributed by atoms with van der Waals surface area (Å²) in [7, 11) is 0. The second-order valence-corrected chi connectivity index (χ2v) is 8.23. The Bertz CT molecular complexity index is 889. The molecule has 0 N–H and O–H groups in total. The van der Waals surface area contributed by atoms with Gasteiger partial charge in [-0.15, -0.1) is 5.10 Å². The molecule has 1 atom stereocenters. The number of carbonyl (C=O) groups excluding carboxylic acids is 2. The molecular formula is C23H29N5O2. The average Bonchev–Trinajstić information content (AvgIpc) is 2.79. The van der Waals surface area contributed by atoms with Crippen LogP contribution in [0.5, 0.6) is 0 Å². The molecule has 0 saturated carbocycles. The molecule has 2 aliphatic rings. The predicted molar refractivity (Wildman–Crippen MR) is 117 cm³/mol. The van der Waals surface area contributed by atoms with Gasteiger partial charge in [-0.25, -0.2) is 0 Å². The highest BCUT2D eigenvalue weighted by atomic mass is 16.2. The molecular weight excluding hydrogens is 378 g/mol. The number of hydrogen-bond acceptors (Lipinski definition) is 6. The molecule has 1 amide bonds. The number of amides is 1. The number of nitrogens with zero attached hydrogens (tertiary/aromatic N) is 5. The SMILES string of the molecule is CC(=O)c1ccc(N2CCN(C(=O)C3CCCN(c4ccc(C)nn4)C3)CC2)cc1. The fourth-order valence-corrected chi connectivity index (χ4v) is 4.30. The van der Waals surface area contributed by atoms with Crippen LogP contribution in [0.25, 0.3) is 0 Å². The summed E-state index contributed by atoms with van der Waals surface area (Å²) in [4.78, 5) is 31.1. The zero-order valence-electron chi connectivity index (χ0n) is 17.8. The molecule has 0 radical (unpaired) electrons. The molecule has 7 nitrogen and oxygen atoms in total. The molecule has 4 rings (SSSR count). The highest BCUT2D eigenvalue weighted by Crippen LogP contribution is 2.24. The molecule has 2 saturated heterocycles. The Morgan fingerprint density at radius 1 is 0.900 bits per heavy atom. The third-order valence-electron chi connectivity index (χ3n) is 6.11. The molecule has 2 fully saturated rings. The van der Waals surface area contributed by atoms with E-state index in [4.69, 9.17) is 0 Å². The Labute approximate surface area is 177 Å². The Balaban J connectivity index is 1.33. The van der Waals surface area contributed by atoms with Gasteiger partial charge in [0.15, 0.2) is 11.6 Å². The van der Waals surface area contributed by atoms with Crippen molar-refractivity contribution in [2.24, 2.45) is 5.92 Å². The maximum Gasteiger partial charge on any atom is 0.227 e. The molecule has 158 valence electrons. The van der Waals surface area contributed by atoms with Crippen molar-refractivity contribution in [3.05, 3.63) is 47.7 Å². The molecule has 2 aliphatic heterocycles. The molecule has 1 unspecified atom stereocenters. The quantitative estimate of drug-likeness (QED) is 0.726. The van der Waals surface area contributed by atoms with E-state index in [9.17, 15) is 9.59 Å². The van der Waals surface area contributed by atoms with Crippen LogP contribution in [0.15, 0.2) is 36.4 Å². The van der Waals surface area contributed by atoms with E-state index in [1.807, 2.05) is 48.2 Å². The number of anilines is 2. The van der Waals surface area contributed by atoms with Gasteiger partial charge in [-0.1, -0.05) is 0 Å². The number of piperidine rings is 1. The first-order chi connectivity index (χ1) is 14.5. The van der Waals surface area contributed by atoms with Gasteiger partial charge in [0.05, 0.1) is 11.6 Å². The summed E-state index contributed by atoms with van der Waals surface area (Å²) in [6.07, 6.45) is 1.93. The molecule has 2 aromatic rings. The van der Waals surface area contributed by atoms with E-state index in [1.165, 1.54) is 0 Å². The Morgan fingerprint density at radius 2 is 1.63 bits per heavy atom. The van der Waals surface area contributed by atoms with Crippen molar-refractivity contribution in [3.63, 3.8) is 0 Å². The summed E-state index contributed by atoms with van der Waals surface area (Å²) in [6.45, 7) is 8.22. The van der Waals surface area contributed by atoms with Gasteiger partial charge in [0.25, 0.3) is 0 Å². The van der Waals surface area contributed by atoms with Crippen molar-refractivity contribution >= 4 is 23.2 Å². The first-order valence-electron chi connectivity index (χ1n) is 10.7. The van der Waals surface area contributed by atoms with Crippen LogP contribution < -0.4 is 9.80 Å². The number of hydrogen-bond donors (Lipinski definition) is 0. The van der Waals surface area contributed by atoms with E-state index in [-0.39, 0.29) is 17.6 Å². The predicted octanol–water partition coefficient (Wildman–Crippen LogP) is 2.55. The van der Waals surface area contributed by atoms with Crippen LogP contribution in [0.4, 0.5) is 11.5 Å². The Hall–Kier alpha value is -2.96. The molecule has 1 aromatic carbocycles. The molecule has 1 aromatic heterocycles. The van der Waals surface area contributed by atoms with E-state index in [1.54, 1.807) is 6.92 Å². The topological polar surface area (TPSA) is 69.6 Å². The largest absolute Gasteiger partial charge is 0.368 e. The van der Waals surface area contributed by atoms with E-state index in [2.05, 4.69) is 20.0 Å². The summed E-state index contributed by atoms with van der Waals surface area (Å²) in [6, 6.07) is 11.7. The van der Waals surface area contributed by atoms with Crippen LogP contribution in [0.1, 0.15) is 35.8 Å². The van der Waals surface area contributed by atoms with E-state index in [0.717, 1.165) is 68.3 Å². The third-order valence-corrected chi connectivity index (χ3v) is 6.11. The number of aromatic nitrogens is 2. The Morgan fingerprint density at radius 3 is 2.27 bits per heavy atom. The number of carbonyl (C=O) groups is 2. The van der Waals surface area contributed by atoms with Crippen LogP contribution in [0.2, 0.25) is 0 Å². The van der Waals surface area contributed by atoms with Gasteiger partial charge < -0.3 is 14.7 Å². The maximum absolute atomic E-state index is 13.2. The van der Waals surface area contributed by atoms with E-state index >= 15 is 0 Å². The molecule has 0 aliphatic carbocycles.